The third-order valence-electron chi connectivity index (χ3n) is 8.75. The molecule has 2 aliphatic heterocycles. The van der Waals surface area contributed by atoms with Crippen LogP contribution in [0, 0.1) is 11.3 Å². The van der Waals surface area contributed by atoms with Gasteiger partial charge in [0, 0.05) is 31.8 Å². The molecule has 8 heteroatoms. The van der Waals surface area contributed by atoms with Gasteiger partial charge in [-0.3, -0.25) is 9.59 Å². The Labute approximate surface area is 233 Å². The van der Waals surface area contributed by atoms with E-state index >= 15 is 0 Å². The van der Waals surface area contributed by atoms with Gasteiger partial charge in [0.2, 0.25) is 11.8 Å². The number of nitrogens with one attached hydrogen (secondary N) is 1. The minimum atomic E-state index is -3.23. The Bertz CT molecular complexity index is 1220. The highest BCUT2D eigenvalue weighted by atomic mass is 32.2. The number of benzene rings is 2. The number of carbonyl (C=O) groups is 2. The fourth-order valence-corrected chi connectivity index (χ4v) is 6.67. The monoisotopic (exact) mass is 553 g/mol. The van der Waals surface area contributed by atoms with Crippen LogP contribution in [0.15, 0.2) is 59.5 Å². The predicted octanol–water partition coefficient (Wildman–Crippen LogP) is 4.59. The van der Waals surface area contributed by atoms with E-state index in [0.29, 0.717) is 11.4 Å². The molecule has 4 rings (SSSR count). The molecule has 2 aliphatic rings. The number of nitrogens with zero attached hydrogens (tertiary/aromatic N) is 2. The van der Waals surface area contributed by atoms with Gasteiger partial charge >= 0.3 is 0 Å². The molecule has 1 atom stereocenters. The Morgan fingerprint density at radius 3 is 2.15 bits per heavy atom. The summed E-state index contributed by atoms with van der Waals surface area (Å²) in [6, 6.07) is 17.1. The lowest BCUT2D eigenvalue weighted by Crippen LogP contribution is -2.45. The predicted molar refractivity (Wildman–Crippen MR) is 154 cm³/mol. The summed E-state index contributed by atoms with van der Waals surface area (Å²) in [5.74, 6) is 0.406. The topological polar surface area (TPSA) is 86.8 Å². The van der Waals surface area contributed by atoms with Crippen LogP contribution >= 0.6 is 0 Å². The highest BCUT2D eigenvalue weighted by Gasteiger charge is 2.47. The van der Waals surface area contributed by atoms with Crippen molar-refractivity contribution < 1.29 is 18.0 Å². The molecule has 1 spiro atoms. The number of hydrogen-bond donors (Lipinski definition) is 1. The SMILES string of the molecule is CCC(CC)C(=O)NC(CCN1CCC2(CC1)CCN(Cc1ccc(S(C)(=O)=O)cc1)C2=O)c1ccccc1. The lowest BCUT2D eigenvalue weighted by Gasteiger charge is -2.38. The quantitative estimate of drug-likeness (QED) is 0.440. The molecule has 39 heavy (non-hydrogen) atoms. The second kappa shape index (κ2) is 12.6. The molecule has 0 bridgehead atoms. The van der Waals surface area contributed by atoms with E-state index in [-0.39, 0.29) is 29.2 Å². The molecule has 1 N–H and O–H groups in total. The maximum absolute atomic E-state index is 13.5. The highest BCUT2D eigenvalue weighted by Crippen LogP contribution is 2.42. The molecule has 1 unspecified atom stereocenters. The lowest BCUT2D eigenvalue weighted by atomic mass is 9.77. The normalized spacial score (nSPS) is 18.6. The van der Waals surface area contributed by atoms with Crippen LogP contribution in [0.3, 0.4) is 0 Å². The van der Waals surface area contributed by atoms with Crippen LogP contribution in [0.1, 0.15) is 69.5 Å². The number of sulfone groups is 1. The van der Waals surface area contributed by atoms with Crippen LogP contribution in [0.5, 0.6) is 0 Å². The molecule has 0 aromatic heterocycles. The Hall–Kier alpha value is -2.71. The smallest absolute Gasteiger partial charge is 0.229 e. The van der Waals surface area contributed by atoms with Gasteiger partial charge in [-0.1, -0.05) is 56.3 Å². The average Bonchev–Trinajstić information content (AvgIpc) is 3.22. The van der Waals surface area contributed by atoms with Crippen molar-refractivity contribution in [3.63, 3.8) is 0 Å². The summed E-state index contributed by atoms with van der Waals surface area (Å²) >= 11 is 0. The number of rotatable bonds is 11. The summed E-state index contributed by atoms with van der Waals surface area (Å²) in [7, 11) is -3.23. The fraction of sp³-hybridized carbons (Fsp3) is 0.548. The second-order valence-corrected chi connectivity index (χ2v) is 13.3. The zero-order valence-electron chi connectivity index (χ0n) is 23.6. The van der Waals surface area contributed by atoms with Gasteiger partial charge in [0.1, 0.15) is 0 Å². The summed E-state index contributed by atoms with van der Waals surface area (Å²) in [4.78, 5) is 31.0. The van der Waals surface area contributed by atoms with Crippen molar-refractivity contribution >= 4 is 21.7 Å². The van der Waals surface area contributed by atoms with Crippen LogP contribution < -0.4 is 5.32 Å². The van der Waals surface area contributed by atoms with Crippen molar-refractivity contribution in [1.82, 2.24) is 15.1 Å². The van der Waals surface area contributed by atoms with Gasteiger partial charge < -0.3 is 15.1 Å². The summed E-state index contributed by atoms with van der Waals surface area (Å²) in [6.45, 7) is 8.02. The van der Waals surface area contributed by atoms with Gasteiger partial charge in [-0.2, -0.15) is 0 Å². The number of likely N-dealkylation sites (tertiary alicyclic amines) is 2. The Kier molecular flexibility index (Phi) is 9.49. The molecule has 2 aromatic rings. The first-order valence-corrected chi connectivity index (χ1v) is 16.2. The molecular formula is C31H43N3O4S. The van der Waals surface area contributed by atoms with E-state index in [9.17, 15) is 18.0 Å². The molecule has 2 saturated heterocycles. The third-order valence-corrected chi connectivity index (χ3v) is 9.88. The summed E-state index contributed by atoms with van der Waals surface area (Å²) in [5, 5.41) is 3.31. The number of piperidine rings is 1. The van der Waals surface area contributed by atoms with Crippen molar-refractivity contribution in [2.75, 3.05) is 32.4 Å². The van der Waals surface area contributed by atoms with Crippen LogP contribution in [0.25, 0.3) is 0 Å². The number of carbonyl (C=O) groups excluding carboxylic acids is 2. The first kappa shape index (κ1) is 29.3. The zero-order chi connectivity index (χ0) is 28.0. The van der Waals surface area contributed by atoms with Crippen molar-refractivity contribution in [3.8, 4) is 0 Å². The van der Waals surface area contributed by atoms with Gasteiger partial charge in [-0.15, -0.1) is 0 Å². The van der Waals surface area contributed by atoms with E-state index < -0.39 is 9.84 Å². The standard InChI is InChI=1S/C31H43N3O4S/c1-4-25(5-2)29(35)32-28(26-9-7-6-8-10-26)15-19-33-20-16-31(17-21-33)18-22-34(30(31)36)23-24-11-13-27(14-12-24)39(3,37)38/h6-14,25,28H,4-5,15-23H2,1-3H3,(H,32,35). The molecular weight excluding hydrogens is 510 g/mol. The van der Waals surface area contributed by atoms with Crippen molar-refractivity contribution in [2.24, 2.45) is 11.3 Å². The lowest BCUT2D eigenvalue weighted by molar-refractivity contribution is -0.139. The maximum atomic E-state index is 13.5. The molecule has 0 radical (unpaired) electrons. The highest BCUT2D eigenvalue weighted by molar-refractivity contribution is 7.90. The largest absolute Gasteiger partial charge is 0.349 e. The molecule has 2 amide bonds. The number of hydrogen-bond acceptors (Lipinski definition) is 5. The molecule has 2 aromatic carbocycles. The van der Waals surface area contributed by atoms with E-state index in [2.05, 4.69) is 36.2 Å². The van der Waals surface area contributed by atoms with Crippen molar-refractivity contribution in [1.29, 1.82) is 0 Å². The molecule has 212 valence electrons. The van der Waals surface area contributed by atoms with E-state index in [1.807, 2.05) is 35.2 Å². The Morgan fingerprint density at radius 2 is 1.56 bits per heavy atom. The van der Waals surface area contributed by atoms with Gasteiger partial charge in [0.15, 0.2) is 9.84 Å². The molecule has 2 heterocycles. The van der Waals surface area contributed by atoms with Gasteiger partial charge in [-0.25, -0.2) is 8.42 Å². The van der Waals surface area contributed by atoms with Crippen LogP contribution in [0.4, 0.5) is 0 Å². The van der Waals surface area contributed by atoms with Crippen LogP contribution in [0.2, 0.25) is 0 Å². The third kappa shape index (κ3) is 7.09. The fourth-order valence-electron chi connectivity index (χ4n) is 6.04. The summed E-state index contributed by atoms with van der Waals surface area (Å²) < 4.78 is 23.5. The van der Waals surface area contributed by atoms with E-state index in [0.717, 1.165) is 75.8 Å². The van der Waals surface area contributed by atoms with Crippen LogP contribution in [-0.2, 0) is 26.0 Å². The second-order valence-electron chi connectivity index (χ2n) is 11.3. The van der Waals surface area contributed by atoms with Crippen molar-refractivity contribution in [3.05, 3.63) is 65.7 Å². The first-order chi connectivity index (χ1) is 18.6. The number of amides is 2. The Balaban J connectivity index is 1.31. The van der Waals surface area contributed by atoms with Gasteiger partial charge in [0.05, 0.1) is 16.4 Å². The molecule has 7 nitrogen and oxygen atoms in total. The molecule has 2 fully saturated rings. The minimum Gasteiger partial charge on any atom is -0.349 e. The maximum Gasteiger partial charge on any atom is 0.229 e. The molecule has 0 aliphatic carbocycles. The average molecular weight is 554 g/mol. The Morgan fingerprint density at radius 1 is 0.949 bits per heavy atom. The summed E-state index contributed by atoms with van der Waals surface area (Å²) in [6.07, 6.45) is 6.31. The van der Waals surface area contributed by atoms with Gasteiger partial charge in [0.25, 0.3) is 0 Å². The summed E-state index contributed by atoms with van der Waals surface area (Å²) in [5.41, 5.74) is 1.80. The first-order valence-electron chi connectivity index (χ1n) is 14.3. The zero-order valence-corrected chi connectivity index (χ0v) is 24.4. The van der Waals surface area contributed by atoms with Crippen molar-refractivity contribution in [2.45, 2.75) is 69.9 Å². The van der Waals surface area contributed by atoms with E-state index in [1.165, 1.54) is 6.26 Å². The van der Waals surface area contributed by atoms with Crippen LogP contribution in [-0.4, -0.2) is 62.5 Å². The molecule has 0 saturated carbocycles. The van der Waals surface area contributed by atoms with E-state index in [1.54, 1.807) is 12.1 Å². The van der Waals surface area contributed by atoms with Gasteiger partial charge in [-0.05, 0) is 74.9 Å². The minimum absolute atomic E-state index is 0.0205. The van der Waals surface area contributed by atoms with E-state index in [4.69, 9.17) is 0 Å².